The quantitative estimate of drug-likeness (QED) is 0.805. The summed E-state index contributed by atoms with van der Waals surface area (Å²) in [5.41, 5.74) is 0.879. The summed E-state index contributed by atoms with van der Waals surface area (Å²) in [6.45, 7) is 6.35. The maximum absolute atomic E-state index is 10.4. The molecule has 0 fully saturated rings. The van der Waals surface area contributed by atoms with E-state index in [4.69, 9.17) is 5.11 Å². The number of aromatic nitrogens is 1. The summed E-state index contributed by atoms with van der Waals surface area (Å²) in [6.07, 6.45) is 1.65. The Bertz CT molecular complexity index is 361. The normalized spacial score (nSPS) is 11.4. The lowest BCUT2D eigenvalue weighted by molar-refractivity contribution is -0.136. The van der Waals surface area contributed by atoms with E-state index in [2.05, 4.69) is 31.1 Å². The lowest BCUT2D eigenvalue weighted by Crippen LogP contribution is -2.29. The number of nitrogens with zero attached hydrogens (tertiary/aromatic N) is 1. The lowest BCUT2D eigenvalue weighted by Gasteiger charge is -2.23. The molecule has 1 heterocycles. The lowest BCUT2D eigenvalue weighted by atomic mass is 10.0. The molecule has 0 aliphatic heterocycles. The molecule has 1 aromatic heterocycles. The van der Waals surface area contributed by atoms with Gasteiger partial charge < -0.3 is 10.4 Å². The SMILES string of the molecule is CCC(C)(C)Nc1nc(CCC(=O)O)cs1. The van der Waals surface area contributed by atoms with Gasteiger partial charge in [-0.3, -0.25) is 4.79 Å². The van der Waals surface area contributed by atoms with Crippen molar-refractivity contribution in [3.8, 4) is 0 Å². The van der Waals surface area contributed by atoms with Gasteiger partial charge >= 0.3 is 5.97 Å². The Balaban J connectivity index is 2.54. The number of carboxylic acids is 1. The fraction of sp³-hybridized carbons (Fsp3) is 0.636. The topological polar surface area (TPSA) is 62.2 Å². The molecule has 2 N–H and O–H groups in total. The zero-order valence-electron chi connectivity index (χ0n) is 9.91. The molecule has 5 heteroatoms. The number of rotatable bonds is 6. The van der Waals surface area contributed by atoms with Gasteiger partial charge in [0.2, 0.25) is 0 Å². The van der Waals surface area contributed by atoms with E-state index in [1.165, 1.54) is 11.3 Å². The third kappa shape index (κ3) is 4.18. The highest BCUT2D eigenvalue weighted by molar-refractivity contribution is 7.13. The molecule has 90 valence electrons. The van der Waals surface area contributed by atoms with Gasteiger partial charge in [-0.25, -0.2) is 4.98 Å². The molecule has 0 aromatic carbocycles. The summed E-state index contributed by atoms with van der Waals surface area (Å²) in [5, 5.41) is 14.7. The molecule has 0 aliphatic carbocycles. The van der Waals surface area contributed by atoms with Crippen LogP contribution in [-0.2, 0) is 11.2 Å². The van der Waals surface area contributed by atoms with Crippen LogP contribution in [0.1, 0.15) is 39.3 Å². The number of thiazole rings is 1. The van der Waals surface area contributed by atoms with Crippen molar-refractivity contribution in [1.82, 2.24) is 4.98 Å². The largest absolute Gasteiger partial charge is 0.481 e. The van der Waals surface area contributed by atoms with Gasteiger partial charge in [0.1, 0.15) is 0 Å². The van der Waals surface area contributed by atoms with Gasteiger partial charge in [-0.1, -0.05) is 6.92 Å². The molecule has 0 spiro atoms. The fourth-order valence-electron chi connectivity index (χ4n) is 1.09. The number of anilines is 1. The van der Waals surface area contributed by atoms with E-state index in [1.54, 1.807) is 0 Å². The monoisotopic (exact) mass is 242 g/mol. The average molecular weight is 242 g/mol. The third-order valence-electron chi connectivity index (χ3n) is 2.48. The number of aliphatic carboxylic acids is 1. The summed E-state index contributed by atoms with van der Waals surface area (Å²) in [7, 11) is 0. The van der Waals surface area contributed by atoms with Crippen molar-refractivity contribution < 1.29 is 9.90 Å². The highest BCUT2D eigenvalue weighted by Crippen LogP contribution is 2.22. The predicted octanol–water partition coefficient (Wildman–Crippen LogP) is 2.76. The van der Waals surface area contributed by atoms with Crippen molar-refractivity contribution in [2.75, 3.05) is 5.32 Å². The van der Waals surface area contributed by atoms with Crippen LogP contribution in [0.5, 0.6) is 0 Å². The Labute approximate surface area is 99.7 Å². The third-order valence-corrected chi connectivity index (χ3v) is 3.28. The molecule has 0 bridgehead atoms. The zero-order valence-corrected chi connectivity index (χ0v) is 10.7. The molecule has 0 saturated carbocycles. The van der Waals surface area contributed by atoms with Crippen LogP contribution in [0.15, 0.2) is 5.38 Å². The van der Waals surface area contributed by atoms with Gasteiger partial charge in [-0.2, -0.15) is 0 Å². The zero-order chi connectivity index (χ0) is 12.2. The molecule has 1 aromatic rings. The van der Waals surface area contributed by atoms with Crippen LogP contribution in [0.4, 0.5) is 5.13 Å². The fourth-order valence-corrected chi connectivity index (χ4v) is 2.02. The molecular formula is C11H18N2O2S. The van der Waals surface area contributed by atoms with Gasteiger partial charge in [-0.15, -0.1) is 11.3 Å². The molecule has 0 radical (unpaired) electrons. The minimum Gasteiger partial charge on any atom is -0.481 e. The van der Waals surface area contributed by atoms with Crippen molar-refractivity contribution in [2.24, 2.45) is 0 Å². The molecule has 1 rings (SSSR count). The Kier molecular flexibility index (Phi) is 4.29. The highest BCUT2D eigenvalue weighted by Gasteiger charge is 2.16. The predicted molar refractivity (Wildman–Crippen MR) is 66.1 cm³/mol. The molecule has 0 amide bonds. The van der Waals surface area contributed by atoms with E-state index in [9.17, 15) is 4.79 Å². The van der Waals surface area contributed by atoms with Crippen molar-refractivity contribution in [3.05, 3.63) is 11.1 Å². The standard InChI is InChI=1S/C11H18N2O2S/c1-4-11(2,3)13-10-12-8(7-16-10)5-6-9(14)15/h7H,4-6H2,1-3H3,(H,12,13)(H,14,15). The smallest absolute Gasteiger partial charge is 0.303 e. The average Bonchev–Trinajstić information content (AvgIpc) is 2.62. The number of carboxylic acid groups (broad SMARTS) is 1. The molecule has 4 nitrogen and oxygen atoms in total. The summed E-state index contributed by atoms with van der Waals surface area (Å²) in [6, 6.07) is 0. The first-order valence-corrected chi connectivity index (χ1v) is 6.25. The molecule has 16 heavy (non-hydrogen) atoms. The van der Waals surface area contributed by atoms with Gasteiger partial charge in [0.25, 0.3) is 0 Å². The van der Waals surface area contributed by atoms with Crippen molar-refractivity contribution in [1.29, 1.82) is 0 Å². The number of carbonyl (C=O) groups is 1. The number of aryl methyl sites for hydroxylation is 1. The Morgan fingerprint density at radius 2 is 2.31 bits per heavy atom. The number of hydrogen-bond donors (Lipinski definition) is 2. The first-order valence-electron chi connectivity index (χ1n) is 5.37. The Hall–Kier alpha value is -1.10. The van der Waals surface area contributed by atoms with Crippen LogP contribution in [0, 0.1) is 0 Å². The second-order valence-electron chi connectivity index (χ2n) is 4.40. The number of hydrogen-bond acceptors (Lipinski definition) is 4. The van der Waals surface area contributed by atoms with E-state index in [-0.39, 0.29) is 12.0 Å². The molecule has 0 saturated heterocycles. The second kappa shape index (κ2) is 5.30. The summed E-state index contributed by atoms with van der Waals surface area (Å²) in [5.74, 6) is -0.781. The molecular weight excluding hydrogens is 224 g/mol. The van der Waals surface area contributed by atoms with E-state index >= 15 is 0 Å². The molecule has 0 unspecified atom stereocenters. The maximum Gasteiger partial charge on any atom is 0.303 e. The van der Waals surface area contributed by atoms with E-state index in [0.717, 1.165) is 17.2 Å². The van der Waals surface area contributed by atoms with Crippen LogP contribution in [0.25, 0.3) is 0 Å². The van der Waals surface area contributed by atoms with Gasteiger partial charge in [0.15, 0.2) is 5.13 Å². The van der Waals surface area contributed by atoms with Crippen molar-refractivity contribution in [2.45, 2.75) is 45.6 Å². The first kappa shape index (κ1) is 13.0. The molecule has 0 aliphatic rings. The van der Waals surface area contributed by atoms with E-state index < -0.39 is 5.97 Å². The maximum atomic E-state index is 10.4. The minimum atomic E-state index is -0.781. The van der Waals surface area contributed by atoms with E-state index in [1.807, 2.05) is 5.38 Å². The Morgan fingerprint density at radius 1 is 1.62 bits per heavy atom. The van der Waals surface area contributed by atoms with Crippen molar-refractivity contribution in [3.63, 3.8) is 0 Å². The van der Waals surface area contributed by atoms with Gasteiger partial charge in [0.05, 0.1) is 12.1 Å². The highest BCUT2D eigenvalue weighted by atomic mass is 32.1. The van der Waals surface area contributed by atoms with Gasteiger partial charge in [0, 0.05) is 17.3 Å². The van der Waals surface area contributed by atoms with Crippen LogP contribution in [0.3, 0.4) is 0 Å². The minimum absolute atomic E-state index is 0.0297. The van der Waals surface area contributed by atoms with E-state index in [0.29, 0.717) is 6.42 Å². The van der Waals surface area contributed by atoms with Crippen LogP contribution in [-0.4, -0.2) is 21.6 Å². The summed E-state index contributed by atoms with van der Waals surface area (Å²) < 4.78 is 0. The van der Waals surface area contributed by atoms with Crippen LogP contribution in [0.2, 0.25) is 0 Å². The molecule has 0 atom stereocenters. The van der Waals surface area contributed by atoms with Crippen molar-refractivity contribution >= 4 is 22.4 Å². The number of nitrogens with one attached hydrogen (secondary N) is 1. The van der Waals surface area contributed by atoms with Crippen LogP contribution >= 0.6 is 11.3 Å². The summed E-state index contributed by atoms with van der Waals surface area (Å²) in [4.78, 5) is 14.8. The second-order valence-corrected chi connectivity index (χ2v) is 5.26. The van der Waals surface area contributed by atoms with Crippen LogP contribution < -0.4 is 5.32 Å². The summed E-state index contributed by atoms with van der Waals surface area (Å²) >= 11 is 1.53. The first-order chi connectivity index (χ1) is 7.43. The van der Waals surface area contributed by atoms with Gasteiger partial charge in [-0.05, 0) is 20.3 Å². The Morgan fingerprint density at radius 3 is 2.88 bits per heavy atom.